The standard InChI is InChI=1S/2C33H29O5.4CO.2Ru.H/c2*1-35-25-13-5-21(6-14-25)29-30(22-7-15-26(36-2)16-8-22)32(24-11-19-28(38-4)20-12-24)33(34)31(29)23-9-17-27(37-3)18-10-23;4*1-2;;;/h2*5-20,34H,1-4H3;;;;;;;. The summed E-state index contributed by atoms with van der Waals surface area (Å²) >= 11 is 0. The normalized spacial score (nSPS) is 13.8. The molecule has 2 fully saturated rings. The Bertz CT molecular complexity index is 2830. The van der Waals surface area contributed by atoms with Gasteiger partial charge in [0.15, 0.2) is 0 Å². The molecule has 86 heavy (non-hydrogen) atoms. The van der Waals surface area contributed by atoms with E-state index in [9.17, 15) is 10.2 Å². The van der Waals surface area contributed by atoms with Crippen molar-refractivity contribution in [3.8, 4) is 46.0 Å². The molecule has 0 aromatic heterocycles. The number of aliphatic hydroxyl groups is 2. The third-order valence-corrected chi connectivity index (χ3v) is 13.5. The first-order chi connectivity index (χ1) is 41.1. The molecule has 2 aliphatic carbocycles. The summed E-state index contributed by atoms with van der Waals surface area (Å²) in [5.41, 5.74) is 7.34. The molecule has 0 amide bonds. The maximum Gasteiger partial charge on any atom is 0 e. The summed E-state index contributed by atoms with van der Waals surface area (Å²) in [5.74, 6) is 12.7. The smallest absolute Gasteiger partial charge is 0 e. The number of benzene rings is 8. The van der Waals surface area contributed by atoms with Gasteiger partial charge in [-0.1, -0.05) is 97.1 Å². The molecule has 0 spiro atoms. The average Bonchev–Trinajstić information content (AvgIpc) is 2.01. The summed E-state index contributed by atoms with van der Waals surface area (Å²) in [4.78, 5) is 0. The number of aliphatic hydroxyl groups excluding tert-OH is 2. The van der Waals surface area contributed by atoms with Gasteiger partial charge in [-0.15, -0.1) is 0 Å². The van der Waals surface area contributed by atoms with Gasteiger partial charge in [-0.05, 0) is 142 Å². The molecule has 8 aromatic carbocycles. The number of hydrogen-bond acceptors (Lipinski definition) is 10. The predicted octanol–water partition coefficient (Wildman–Crippen LogP) is 12.4. The molecule has 0 heterocycles. The minimum atomic E-state index is 0. The van der Waals surface area contributed by atoms with Crippen molar-refractivity contribution >= 4 is 0 Å². The molecule has 2 saturated carbocycles. The largest absolute Gasteiger partial charge is 0 e. The summed E-state index contributed by atoms with van der Waals surface area (Å²) in [6, 6.07) is 62.6. The number of methoxy groups -OCH3 is 8. The van der Waals surface area contributed by atoms with E-state index in [1.165, 1.54) is 0 Å². The minimum absolute atomic E-state index is 0. The van der Waals surface area contributed by atoms with E-state index in [0.29, 0.717) is 0 Å². The van der Waals surface area contributed by atoms with Gasteiger partial charge in [0.1, 0.15) is 58.2 Å². The van der Waals surface area contributed by atoms with Gasteiger partial charge in [0.05, 0.1) is 80.6 Å². The van der Waals surface area contributed by atoms with Gasteiger partial charge in [0.25, 0.3) is 0 Å². The molecule has 0 saturated heterocycles. The molecule has 0 unspecified atom stereocenters. The molecule has 10 rings (SSSR count). The number of rotatable bonds is 16. The zero-order chi connectivity index (χ0) is 61.3. The van der Waals surface area contributed by atoms with Crippen LogP contribution in [-0.2, 0) is 57.6 Å². The first-order valence-electron chi connectivity index (χ1n) is 25.2. The van der Waals surface area contributed by atoms with E-state index in [0.717, 1.165) is 138 Å². The van der Waals surface area contributed by atoms with Crippen LogP contribution in [0.5, 0.6) is 46.0 Å². The van der Waals surface area contributed by atoms with Crippen molar-refractivity contribution in [3.05, 3.63) is 325 Å². The third-order valence-electron chi connectivity index (χ3n) is 13.5. The molecule has 8 aromatic rings. The van der Waals surface area contributed by atoms with Gasteiger partial charge in [0.2, 0.25) is 0 Å². The van der Waals surface area contributed by atoms with Crippen molar-refractivity contribution in [2.24, 2.45) is 0 Å². The second-order valence-corrected chi connectivity index (χ2v) is 17.5. The van der Waals surface area contributed by atoms with Crippen LogP contribution in [0, 0.1) is 86.2 Å². The van der Waals surface area contributed by atoms with Crippen LogP contribution in [0.2, 0.25) is 0 Å². The molecule has 0 aliphatic heterocycles. The van der Waals surface area contributed by atoms with E-state index >= 15 is 0 Å². The van der Waals surface area contributed by atoms with Crippen molar-refractivity contribution in [2.45, 2.75) is 0 Å². The van der Waals surface area contributed by atoms with Crippen molar-refractivity contribution in [2.75, 3.05) is 56.9 Å². The van der Waals surface area contributed by atoms with E-state index < -0.39 is 0 Å². The van der Waals surface area contributed by atoms with Crippen molar-refractivity contribution in [1.82, 2.24) is 0 Å². The van der Waals surface area contributed by atoms with Crippen LogP contribution < -0.4 is 37.9 Å². The van der Waals surface area contributed by atoms with Crippen molar-refractivity contribution in [1.29, 1.82) is 0 Å². The Hall–Kier alpha value is -7.71. The predicted molar refractivity (Wildman–Crippen MR) is 310 cm³/mol. The first-order valence-corrected chi connectivity index (χ1v) is 25.2. The SMILES string of the molecule is COc1ccc([C]2[C](O)[C](c3ccc(OC)cc3)[C](c3ccc(OC)cc3)[C]2c2ccc(OC)cc2)cc1.COc1ccc([C]2[C](O)[C](c3ccc(OC)cc3)[C](c3ccc(OC)cc3)[C]2c2ccc(OC)cc2)cc1.[C-]#[O+].[C-]#[O+].[C-]#[O+].[C-]#[O+].[RuH].[Ru]. The Labute approximate surface area is 530 Å². The molecular weight excluding hydrogens is 1270 g/mol. The summed E-state index contributed by atoms with van der Waals surface area (Å²) in [6.45, 7) is 18.0. The zero-order valence-electron chi connectivity index (χ0n) is 48.0. The summed E-state index contributed by atoms with van der Waals surface area (Å²) < 4.78 is 73.2. The molecule has 2 N–H and O–H groups in total. The second kappa shape index (κ2) is 37.0. The maximum atomic E-state index is 12.0. The molecular formula is C70H59O14Ru2. The fraction of sp³-hybridized carbons (Fsp3) is 0.114. The topological polar surface area (TPSA) is 194 Å². The van der Waals surface area contributed by atoms with E-state index in [2.05, 4.69) is 26.6 Å². The molecule has 0 bridgehead atoms. The van der Waals surface area contributed by atoms with Crippen LogP contribution in [0.15, 0.2) is 194 Å². The third kappa shape index (κ3) is 16.8. The Morgan fingerprint density at radius 3 is 0.395 bits per heavy atom. The van der Waals surface area contributed by atoms with Crippen LogP contribution in [0.4, 0.5) is 0 Å². The van der Waals surface area contributed by atoms with Crippen molar-refractivity contribution < 1.29 is 106 Å². The van der Waals surface area contributed by atoms with Gasteiger partial charge < -0.3 is 48.1 Å². The van der Waals surface area contributed by atoms with Gasteiger partial charge in [0, 0.05) is 43.1 Å². The Morgan fingerprint density at radius 1 is 0.209 bits per heavy atom. The van der Waals surface area contributed by atoms with Crippen LogP contribution in [0.3, 0.4) is 0 Å². The Balaban J connectivity index is 0.000000395. The van der Waals surface area contributed by atoms with E-state index in [4.69, 9.17) is 56.5 Å². The van der Waals surface area contributed by atoms with E-state index in [1.54, 1.807) is 56.9 Å². The number of hydrogen-bond donors (Lipinski definition) is 2. The van der Waals surface area contributed by atoms with Gasteiger partial charge >= 0.3 is 64.7 Å². The molecule has 439 valence electrons. The van der Waals surface area contributed by atoms with Crippen LogP contribution in [0.1, 0.15) is 44.5 Å². The fourth-order valence-electron chi connectivity index (χ4n) is 9.56. The maximum absolute atomic E-state index is 12.0. The Kier molecular flexibility index (Phi) is 31.2. The summed E-state index contributed by atoms with van der Waals surface area (Å²) in [5, 5.41) is 23.9. The van der Waals surface area contributed by atoms with Gasteiger partial charge in [-0.3, -0.25) is 0 Å². The van der Waals surface area contributed by atoms with Crippen LogP contribution in [0.25, 0.3) is 0 Å². The van der Waals surface area contributed by atoms with Gasteiger partial charge in [-0.2, -0.15) is 0 Å². The molecule has 14 nitrogen and oxygen atoms in total. The number of ether oxygens (including phenoxy) is 8. The molecule has 16 heteroatoms. The monoisotopic (exact) mass is 1330 g/mol. The molecule has 2 aliphatic rings. The Morgan fingerprint density at radius 2 is 0.302 bits per heavy atom. The van der Waals surface area contributed by atoms with Crippen LogP contribution >= 0.6 is 0 Å². The first kappa shape index (κ1) is 72.5. The fourth-order valence-corrected chi connectivity index (χ4v) is 9.56. The molecule has 0 atom stereocenters. The average molecular weight is 1330 g/mol. The minimum Gasteiger partial charge on any atom is 0 e. The second-order valence-electron chi connectivity index (χ2n) is 17.5. The quantitative estimate of drug-likeness (QED) is 0.0534. The summed E-state index contributed by atoms with van der Waals surface area (Å²) in [7, 11) is 13.2. The van der Waals surface area contributed by atoms with E-state index in [-0.39, 0.29) is 51.2 Å². The van der Waals surface area contributed by atoms with Gasteiger partial charge in [-0.25, -0.2) is 0 Å². The summed E-state index contributed by atoms with van der Waals surface area (Å²) in [6.07, 6.45) is 0.411. The van der Waals surface area contributed by atoms with Crippen molar-refractivity contribution in [3.63, 3.8) is 0 Å². The van der Waals surface area contributed by atoms with E-state index in [1.807, 2.05) is 194 Å². The van der Waals surface area contributed by atoms with Crippen LogP contribution in [-0.4, -0.2) is 67.1 Å². The molecule has 10 radical (unpaired) electrons. The zero-order valence-corrected chi connectivity index (χ0v) is 51.6.